The van der Waals surface area contributed by atoms with Crippen LogP contribution in [0.4, 0.5) is 5.82 Å². The highest BCUT2D eigenvalue weighted by molar-refractivity contribution is 7.13. The van der Waals surface area contributed by atoms with Crippen LogP contribution in [0.2, 0.25) is 0 Å². The summed E-state index contributed by atoms with van der Waals surface area (Å²) in [7, 11) is 1.63. The van der Waals surface area contributed by atoms with Crippen LogP contribution in [0.25, 0.3) is 27.5 Å². The van der Waals surface area contributed by atoms with E-state index in [0.29, 0.717) is 35.8 Å². The van der Waals surface area contributed by atoms with E-state index < -0.39 is 0 Å². The zero-order valence-corrected chi connectivity index (χ0v) is 23.5. The second kappa shape index (κ2) is 11.5. The van der Waals surface area contributed by atoms with Crippen LogP contribution in [0, 0.1) is 0 Å². The van der Waals surface area contributed by atoms with Crippen molar-refractivity contribution in [2.75, 3.05) is 38.1 Å². The van der Waals surface area contributed by atoms with Crippen molar-refractivity contribution in [3.63, 3.8) is 0 Å². The van der Waals surface area contributed by atoms with E-state index in [2.05, 4.69) is 41.4 Å². The summed E-state index contributed by atoms with van der Waals surface area (Å²) in [5, 5.41) is 12.3. The lowest BCUT2D eigenvalue weighted by Crippen LogP contribution is -2.56. The largest absolute Gasteiger partial charge is 0.357 e. The summed E-state index contributed by atoms with van der Waals surface area (Å²) < 4.78 is 1.71. The average molecular weight is 547 g/mol. The molecule has 1 aliphatic rings. The fraction of sp³-hybridized carbons (Fsp3) is 0.393. The number of nitrogens with zero attached hydrogens (tertiary/aromatic N) is 6. The van der Waals surface area contributed by atoms with E-state index in [1.54, 1.807) is 41.2 Å². The molecular weight excluding hydrogens is 512 g/mol. The Hall–Kier alpha value is -3.83. The third-order valence-electron chi connectivity index (χ3n) is 7.35. The van der Waals surface area contributed by atoms with Gasteiger partial charge in [-0.25, -0.2) is 14.5 Å². The van der Waals surface area contributed by atoms with Crippen LogP contribution in [0.1, 0.15) is 37.6 Å². The minimum Gasteiger partial charge on any atom is -0.357 e. The van der Waals surface area contributed by atoms with E-state index in [1.165, 1.54) is 0 Å². The topological polar surface area (TPSA) is 108 Å². The predicted octanol–water partition coefficient (Wildman–Crippen LogP) is 3.30. The highest BCUT2D eigenvalue weighted by Crippen LogP contribution is 2.31. The lowest BCUT2D eigenvalue weighted by atomic mass is 10.0. The molecule has 2 N–H and O–H groups in total. The number of amides is 2. The summed E-state index contributed by atoms with van der Waals surface area (Å²) in [5.74, 6) is 0.341. The van der Waals surface area contributed by atoms with Gasteiger partial charge >= 0.3 is 0 Å². The van der Waals surface area contributed by atoms with Crippen molar-refractivity contribution in [1.82, 2.24) is 35.1 Å². The molecule has 11 heteroatoms. The summed E-state index contributed by atoms with van der Waals surface area (Å²) in [6.07, 6.45) is 4.34. The Bertz CT molecular complexity index is 1460. The highest BCUT2D eigenvalue weighted by Gasteiger charge is 2.35. The fourth-order valence-electron chi connectivity index (χ4n) is 4.96. The zero-order chi connectivity index (χ0) is 27.5. The van der Waals surface area contributed by atoms with Gasteiger partial charge in [-0.15, -0.1) is 11.3 Å². The SMILES string of the molecule is CCN(CC)C(C)CNC(=O)c1cc(-c2cnn3ccc(-c4cccs4)nc23)nc(N2CC[C@H]2C(=O)NC)c1. The van der Waals surface area contributed by atoms with Crippen LogP contribution >= 0.6 is 11.3 Å². The molecular formula is C28H34N8O2S. The number of thiophene rings is 1. The van der Waals surface area contributed by atoms with E-state index in [0.717, 1.165) is 35.6 Å². The number of carbonyl (C=O) groups excluding carboxylic acids is 2. The second-order valence-electron chi connectivity index (χ2n) is 9.61. The Kier molecular flexibility index (Phi) is 7.89. The van der Waals surface area contributed by atoms with E-state index >= 15 is 0 Å². The third-order valence-corrected chi connectivity index (χ3v) is 8.24. The van der Waals surface area contributed by atoms with Gasteiger partial charge < -0.3 is 15.5 Å². The summed E-state index contributed by atoms with van der Waals surface area (Å²) in [6.45, 7) is 9.40. The van der Waals surface area contributed by atoms with E-state index in [1.807, 2.05) is 34.7 Å². The molecule has 1 fully saturated rings. The molecule has 4 aromatic rings. The van der Waals surface area contributed by atoms with Gasteiger partial charge in [-0.1, -0.05) is 19.9 Å². The van der Waals surface area contributed by atoms with Crippen molar-refractivity contribution in [2.45, 2.75) is 39.3 Å². The van der Waals surface area contributed by atoms with E-state index in [4.69, 9.17) is 9.97 Å². The molecule has 1 saturated heterocycles. The van der Waals surface area contributed by atoms with Gasteiger partial charge in [0.15, 0.2) is 5.65 Å². The first-order valence-electron chi connectivity index (χ1n) is 13.3. The molecule has 5 heterocycles. The van der Waals surface area contributed by atoms with Gasteiger partial charge in [-0.05, 0) is 56.1 Å². The molecule has 0 aliphatic carbocycles. The van der Waals surface area contributed by atoms with Crippen LogP contribution < -0.4 is 15.5 Å². The maximum atomic E-state index is 13.4. The number of aromatic nitrogens is 4. The Labute approximate surface area is 232 Å². The van der Waals surface area contributed by atoms with Gasteiger partial charge in [0.2, 0.25) is 5.91 Å². The number of pyridine rings is 1. The molecule has 10 nitrogen and oxygen atoms in total. The van der Waals surface area contributed by atoms with Crippen molar-refractivity contribution < 1.29 is 9.59 Å². The van der Waals surface area contributed by atoms with Crippen molar-refractivity contribution in [1.29, 1.82) is 0 Å². The lowest BCUT2D eigenvalue weighted by Gasteiger charge is -2.40. The minimum absolute atomic E-state index is 0.0641. The molecule has 204 valence electrons. The quantitative estimate of drug-likeness (QED) is 0.314. The first-order valence-corrected chi connectivity index (χ1v) is 14.2. The first kappa shape index (κ1) is 26.8. The Morgan fingerprint density at radius 2 is 2.00 bits per heavy atom. The monoisotopic (exact) mass is 546 g/mol. The van der Waals surface area contributed by atoms with Gasteiger partial charge in [0, 0.05) is 37.9 Å². The number of likely N-dealkylation sites (N-methyl/N-ethyl adjacent to an activating group) is 2. The van der Waals surface area contributed by atoms with Crippen molar-refractivity contribution in [2.24, 2.45) is 0 Å². The number of carbonyl (C=O) groups is 2. The van der Waals surface area contributed by atoms with E-state index in [9.17, 15) is 9.59 Å². The third kappa shape index (κ3) is 5.37. The average Bonchev–Trinajstić information content (AvgIpc) is 3.61. The van der Waals surface area contributed by atoms with Crippen LogP contribution in [0.5, 0.6) is 0 Å². The lowest BCUT2D eigenvalue weighted by molar-refractivity contribution is -0.123. The zero-order valence-electron chi connectivity index (χ0n) is 22.7. The first-order chi connectivity index (χ1) is 18.9. The van der Waals surface area contributed by atoms with Crippen LogP contribution in [0.15, 0.2) is 48.1 Å². The molecule has 2 amide bonds. The number of nitrogens with one attached hydrogen (secondary N) is 2. The molecule has 1 aliphatic heterocycles. The van der Waals surface area contributed by atoms with Crippen molar-refractivity contribution in [3.8, 4) is 21.8 Å². The molecule has 4 aromatic heterocycles. The summed E-state index contributed by atoms with van der Waals surface area (Å²) in [6, 6.07) is 9.40. The normalized spacial score (nSPS) is 15.8. The molecule has 1 unspecified atom stereocenters. The van der Waals surface area contributed by atoms with E-state index in [-0.39, 0.29) is 23.9 Å². The number of hydrogen-bond donors (Lipinski definition) is 2. The number of rotatable bonds is 10. The summed E-state index contributed by atoms with van der Waals surface area (Å²) >= 11 is 1.62. The predicted molar refractivity (Wildman–Crippen MR) is 154 cm³/mol. The van der Waals surface area contributed by atoms with Gasteiger partial charge in [-0.2, -0.15) is 5.10 Å². The molecule has 5 rings (SSSR count). The molecule has 0 saturated carbocycles. The standard InChI is InChI=1S/C28H34N8O2S/c1-5-34(6-2)18(3)16-30-27(37)19-14-22(32-25(15-19)35-11-10-23(35)28(38)29-4)20-17-31-36-12-9-21(33-26(20)36)24-8-7-13-39-24/h7-9,12-15,17-18,23H,5-6,10-11,16H2,1-4H3,(H,29,38)(H,30,37)/t18?,23-/m0/s1. The Morgan fingerprint density at radius 1 is 1.18 bits per heavy atom. The molecule has 39 heavy (non-hydrogen) atoms. The molecule has 0 aromatic carbocycles. The summed E-state index contributed by atoms with van der Waals surface area (Å²) in [5.41, 5.74) is 3.29. The number of fused-ring (bicyclic) bond motifs is 1. The highest BCUT2D eigenvalue weighted by atomic mass is 32.1. The maximum Gasteiger partial charge on any atom is 0.251 e. The Balaban J connectivity index is 1.52. The van der Waals surface area contributed by atoms with Gasteiger partial charge in [0.25, 0.3) is 5.91 Å². The van der Waals surface area contributed by atoms with Gasteiger partial charge in [-0.3, -0.25) is 14.5 Å². The fourth-order valence-corrected chi connectivity index (χ4v) is 5.66. The number of anilines is 1. The number of hydrogen-bond acceptors (Lipinski definition) is 8. The molecule has 0 radical (unpaired) electrons. The maximum absolute atomic E-state index is 13.4. The van der Waals surface area contributed by atoms with Crippen molar-refractivity contribution in [3.05, 3.63) is 53.7 Å². The van der Waals surface area contributed by atoms with Crippen LogP contribution in [-0.2, 0) is 4.79 Å². The molecule has 2 atom stereocenters. The second-order valence-corrected chi connectivity index (χ2v) is 10.6. The Morgan fingerprint density at radius 3 is 2.67 bits per heavy atom. The van der Waals surface area contributed by atoms with Crippen molar-refractivity contribution >= 4 is 34.6 Å². The van der Waals surface area contributed by atoms with Gasteiger partial charge in [0.05, 0.1) is 28.0 Å². The molecule has 0 bridgehead atoms. The summed E-state index contributed by atoms with van der Waals surface area (Å²) in [4.78, 5) is 40.9. The molecule has 0 spiro atoms. The smallest absolute Gasteiger partial charge is 0.251 e. The minimum atomic E-state index is -0.316. The van der Waals surface area contributed by atoms with Gasteiger partial charge in [0.1, 0.15) is 11.9 Å². The van der Waals surface area contributed by atoms with Crippen LogP contribution in [-0.4, -0.2) is 81.6 Å². The van der Waals surface area contributed by atoms with Crippen LogP contribution in [0.3, 0.4) is 0 Å².